The summed E-state index contributed by atoms with van der Waals surface area (Å²) >= 11 is 0.763. The van der Waals surface area contributed by atoms with Crippen molar-refractivity contribution in [3.05, 3.63) is 52.6 Å². The van der Waals surface area contributed by atoms with E-state index in [0.29, 0.717) is 30.2 Å². The van der Waals surface area contributed by atoms with E-state index in [0.717, 1.165) is 29.5 Å². The maximum Gasteiger partial charge on any atom is 0.335 e. The van der Waals surface area contributed by atoms with E-state index in [4.69, 9.17) is 9.52 Å². The quantitative estimate of drug-likeness (QED) is 0.731. The lowest BCUT2D eigenvalue weighted by Gasteiger charge is -2.18. The highest BCUT2D eigenvalue weighted by Gasteiger charge is 2.37. The lowest BCUT2D eigenvalue weighted by atomic mass is 10.1. The summed E-state index contributed by atoms with van der Waals surface area (Å²) in [4.78, 5) is 51.1. The van der Waals surface area contributed by atoms with Gasteiger partial charge in [-0.05, 0) is 48.9 Å². The van der Waals surface area contributed by atoms with Crippen LogP contribution in [0.3, 0.4) is 0 Å². The van der Waals surface area contributed by atoms with Crippen LogP contribution in [0.15, 0.2) is 45.7 Å². The number of rotatable bonds is 5. The molecule has 1 N–H and O–H groups in total. The first-order valence-corrected chi connectivity index (χ1v) is 10.2. The third kappa shape index (κ3) is 4.02. The van der Waals surface area contributed by atoms with Crippen LogP contribution in [-0.2, 0) is 9.59 Å². The number of carbonyl (C=O) groups is 4. The van der Waals surface area contributed by atoms with Crippen molar-refractivity contribution >= 4 is 40.9 Å². The molecule has 0 atom stereocenters. The molecule has 2 aliphatic rings. The molecule has 0 saturated carbocycles. The zero-order chi connectivity index (χ0) is 21.3. The molecule has 4 rings (SSSR count). The van der Waals surface area contributed by atoms with Gasteiger partial charge in [-0.15, -0.1) is 0 Å². The number of carboxylic acids is 1. The van der Waals surface area contributed by atoms with E-state index in [1.165, 1.54) is 18.2 Å². The molecular formula is C21H18N2O6S. The molecule has 1 aromatic heterocycles. The summed E-state index contributed by atoms with van der Waals surface area (Å²) in [5.41, 5.74) is 0.716. The molecule has 2 aromatic rings. The number of nitrogens with zero attached hydrogens (tertiary/aromatic N) is 2. The van der Waals surface area contributed by atoms with E-state index >= 15 is 0 Å². The zero-order valence-electron chi connectivity index (χ0n) is 15.9. The molecule has 3 heterocycles. The molecule has 2 fully saturated rings. The van der Waals surface area contributed by atoms with Crippen molar-refractivity contribution in [1.82, 2.24) is 9.80 Å². The number of thioether (sulfide) groups is 1. The lowest BCUT2D eigenvalue weighted by Crippen LogP contribution is -2.40. The molecule has 0 bridgehead atoms. The number of benzene rings is 1. The van der Waals surface area contributed by atoms with Gasteiger partial charge in [0.2, 0.25) is 5.91 Å². The van der Waals surface area contributed by atoms with Crippen LogP contribution in [0.4, 0.5) is 4.79 Å². The van der Waals surface area contributed by atoms with Gasteiger partial charge < -0.3 is 14.4 Å². The Kier molecular flexibility index (Phi) is 5.45. The Morgan fingerprint density at radius 1 is 1.13 bits per heavy atom. The Balaban J connectivity index is 1.49. The molecule has 3 amide bonds. The van der Waals surface area contributed by atoms with Crippen LogP contribution in [0.2, 0.25) is 0 Å². The maximum absolute atomic E-state index is 12.6. The van der Waals surface area contributed by atoms with Crippen LogP contribution in [0, 0.1) is 0 Å². The minimum atomic E-state index is -1.04. The molecule has 0 aliphatic carbocycles. The van der Waals surface area contributed by atoms with E-state index in [-0.39, 0.29) is 22.9 Å². The van der Waals surface area contributed by atoms with Crippen LogP contribution in [0.25, 0.3) is 17.4 Å². The van der Waals surface area contributed by atoms with Crippen molar-refractivity contribution in [2.75, 3.05) is 19.6 Å². The average Bonchev–Trinajstić information content (AvgIpc) is 3.47. The van der Waals surface area contributed by atoms with E-state index in [2.05, 4.69) is 0 Å². The standard InChI is InChI=1S/C21H18N2O6S/c24-18(22-8-1-2-9-22)12-23-19(25)17(30-21(23)28)11-15-6-7-16(29-15)13-4-3-5-14(10-13)20(26)27/h3-7,10-11H,1-2,8-9,12H2,(H,26,27)/b17-11+. The third-order valence-corrected chi connectivity index (χ3v) is 5.83. The monoisotopic (exact) mass is 426 g/mol. The fraction of sp³-hybridized carbons (Fsp3) is 0.238. The SMILES string of the molecule is O=C(O)c1cccc(-c2ccc(/C=C3/SC(=O)N(CC(=O)N4CCCC4)C3=O)o2)c1. The summed E-state index contributed by atoms with van der Waals surface area (Å²) in [6, 6.07) is 9.59. The molecule has 2 saturated heterocycles. The Labute approximate surface area is 176 Å². The second kappa shape index (κ2) is 8.19. The summed E-state index contributed by atoms with van der Waals surface area (Å²) in [5, 5.41) is 8.63. The van der Waals surface area contributed by atoms with Gasteiger partial charge in [0.15, 0.2) is 0 Å². The highest BCUT2D eigenvalue weighted by atomic mass is 32.2. The molecule has 30 heavy (non-hydrogen) atoms. The number of imide groups is 1. The van der Waals surface area contributed by atoms with Crippen LogP contribution in [-0.4, -0.2) is 57.6 Å². The molecule has 154 valence electrons. The normalized spacial score (nSPS) is 17.9. The summed E-state index contributed by atoms with van der Waals surface area (Å²) in [5.74, 6) is -1.01. The highest BCUT2D eigenvalue weighted by Crippen LogP contribution is 2.33. The third-order valence-electron chi connectivity index (χ3n) is 4.92. The minimum Gasteiger partial charge on any atom is -0.478 e. The van der Waals surface area contributed by atoms with Crippen LogP contribution < -0.4 is 0 Å². The van der Waals surface area contributed by atoms with Gasteiger partial charge in [-0.1, -0.05) is 12.1 Å². The van der Waals surface area contributed by atoms with Crippen molar-refractivity contribution in [1.29, 1.82) is 0 Å². The molecule has 8 nitrogen and oxygen atoms in total. The minimum absolute atomic E-state index is 0.134. The molecule has 2 aliphatic heterocycles. The van der Waals surface area contributed by atoms with Crippen molar-refractivity contribution < 1.29 is 28.7 Å². The number of hydrogen-bond donors (Lipinski definition) is 1. The first-order valence-electron chi connectivity index (χ1n) is 9.39. The van der Waals surface area contributed by atoms with Crippen LogP contribution in [0.5, 0.6) is 0 Å². The van der Waals surface area contributed by atoms with E-state index in [9.17, 15) is 19.2 Å². The number of aromatic carboxylic acids is 1. The number of amides is 3. The Morgan fingerprint density at radius 3 is 2.63 bits per heavy atom. The topological polar surface area (TPSA) is 108 Å². The summed E-state index contributed by atoms with van der Waals surface area (Å²) in [6.45, 7) is 1.06. The summed E-state index contributed by atoms with van der Waals surface area (Å²) < 4.78 is 5.71. The molecular weight excluding hydrogens is 408 g/mol. The molecule has 0 unspecified atom stereocenters. The Bertz CT molecular complexity index is 1070. The first kappa shape index (κ1) is 20.0. The fourth-order valence-corrected chi connectivity index (χ4v) is 4.18. The van der Waals surface area contributed by atoms with Gasteiger partial charge in [0, 0.05) is 24.7 Å². The Hall–Kier alpha value is -3.33. The van der Waals surface area contributed by atoms with Gasteiger partial charge >= 0.3 is 5.97 Å². The Morgan fingerprint density at radius 2 is 1.90 bits per heavy atom. The number of carbonyl (C=O) groups excluding carboxylic acids is 3. The van der Waals surface area contributed by atoms with Crippen molar-refractivity contribution in [3.8, 4) is 11.3 Å². The van der Waals surface area contributed by atoms with Gasteiger partial charge in [0.25, 0.3) is 11.1 Å². The summed E-state index contributed by atoms with van der Waals surface area (Å²) in [6.07, 6.45) is 3.32. The highest BCUT2D eigenvalue weighted by molar-refractivity contribution is 8.18. The van der Waals surface area contributed by atoms with Crippen LogP contribution in [0.1, 0.15) is 29.0 Å². The summed E-state index contributed by atoms with van der Waals surface area (Å²) in [7, 11) is 0. The fourth-order valence-electron chi connectivity index (χ4n) is 3.36. The smallest absolute Gasteiger partial charge is 0.335 e. The van der Waals surface area contributed by atoms with Gasteiger partial charge in [0.05, 0.1) is 10.5 Å². The first-order chi connectivity index (χ1) is 14.4. The molecule has 0 spiro atoms. The number of carboxylic acid groups (broad SMARTS) is 1. The van der Waals surface area contributed by atoms with E-state index < -0.39 is 17.1 Å². The molecule has 9 heteroatoms. The van der Waals surface area contributed by atoms with Crippen molar-refractivity contribution in [2.45, 2.75) is 12.8 Å². The largest absolute Gasteiger partial charge is 0.478 e. The van der Waals surface area contributed by atoms with E-state index in [1.54, 1.807) is 29.2 Å². The van der Waals surface area contributed by atoms with Crippen LogP contribution >= 0.6 is 11.8 Å². The second-order valence-corrected chi connectivity index (χ2v) is 7.94. The second-order valence-electron chi connectivity index (χ2n) is 6.94. The zero-order valence-corrected chi connectivity index (χ0v) is 16.7. The van der Waals surface area contributed by atoms with Crippen molar-refractivity contribution in [2.24, 2.45) is 0 Å². The van der Waals surface area contributed by atoms with Crippen molar-refractivity contribution in [3.63, 3.8) is 0 Å². The van der Waals surface area contributed by atoms with Gasteiger partial charge in [-0.2, -0.15) is 0 Å². The predicted molar refractivity (Wildman–Crippen MR) is 110 cm³/mol. The molecule has 0 radical (unpaired) electrons. The van der Waals surface area contributed by atoms with Gasteiger partial charge in [-0.3, -0.25) is 19.3 Å². The van der Waals surface area contributed by atoms with E-state index in [1.807, 2.05) is 0 Å². The number of likely N-dealkylation sites (tertiary alicyclic amines) is 1. The molecule has 1 aromatic carbocycles. The average molecular weight is 426 g/mol. The number of furan rings is 1. The lowest BCUT2D eigenvalue weighted by molar-refractivity contribution is -0.135. The number of hydrogen-bond acceptors (Lipinski definition) is 6. The van der Waals surface area contributed by atoms with Gasteiger partial charge in [0.1, 0.15) is 18.1 Å². The maximum atomic E-state index is 12.6. The van der Waals surface area contributed by atoms with Gasteiger partial charge in [-0.25, -0.2) is 4.79 Å². The predicted octanol–water partition coefficient (Wildman–Crippen LogP) is 3.30.